The Kier molecular flexibility index (Phi) is 5.18. The van der Waals surface area contributed by atoms with Gasteiger partial charge in [0, 0.05) is 0 Å². The predicted molar refractivity (Wildman–Crippen MR) is 74.7 cm³/mol. The molecule has 18 heavy (non-hydrogen) atoms. The second-order valence-electron chi connectivity index (χ2n) is 3.65. The van der Waals surface area contributed by atoms with Gasteiger partial charge in [-0.3, -0.25) is 4.79 Å². The van der Waals surface area contributed by atoms with Crippen LogP contribution in [0.3, 0.4) is 0 Å². The lowest BCUT2D eigenvalue weighted by Crippen LogP contribution is -2.13. The van der Waals surface area contributed by atoms with E-state index in [4.69, 9.17) is 10.5 Å². The van der Waals surface area contributed by atoms with Gasteiger partial charge in [-0.25, -0.2) is 0 Å². The van der Waals surface area contributed by atoms with Gasteiger partial charge in [0.05, 0.1) is 13.5 Å². The quantitative estimate of drug-likeness (QED) is 0.904. The fourth-order valence-electron chi connectivity index (χ4n) is 1.79. The van der Waals surface area contributed by atoms with Crippen LogP contribution in [0.4, 0.5) is 0 Å². The van der Waals surface area contributed by atoms with E-state index in [1.54, 1.807) is 7.11 Å². The number of primary amides is 1. The summed E-state index contributed by atoms with van der Waals surface area (Å²) in [5.74, 6) is 0.458. The number of rotatable bonds is 3. The number of carbonyl (C=O) groups is 1. The monoisotopic (exact) mass is 245 g/mol. The molecule has 0 radical (unpaired) electrons. The molecule has 3 heteroatoms. The summed E-state index contributed by atoms with van der Waals surface area (Å²) in [6, 6.07) is 11.6. The molecular formula is C15H19NO2. The van der Waals surface area contributed by atoms with E-state index in [1.165, 1.54) is 0 Å². The average molecular weight is 245 g/mol. The zero-order valence-corrected chi connectivity index (χ0v) is 11.1. The lowest BCUT2D eigenvalue weighted by molar-refractivity contribution is -0.117. The molecule has 1 amide bonds. The van der Waals surface area contributed by atoms with Crippen LogP contribution in [0, 0.1) is 0 Å². The molecule has 0 fully saturated rings. The molecule has 0 atom stereocenters. The van der Waals surface area contributed by atoms with Crippen molar-refractivity contribution in [2.24, 2.45) is 5.73 Å². The third-order valence-corrected chi connectivity index (χ3v) is 2.54. The predicted octanol–water partition coefficient (Wildman–Crippen LogP) is 2.90. The standard InChI is InChI=1S/C13H13NO2.C2H6/c1-16-11-6-5-9-3-2-4-10(7-13(14)15)12(9)8-11;1-2/h2-6,8H,7H2,1H3,(H2,14,15);1-2H3. The summed E-state index contributed by atoms with van der Waals surface area (Å²) >= 11 is 0. The zero-order valence-electron chi connectivity index (χ0n) is 11.1. The molecule has 2 N–H and O–H groups in total. The number of benzene rings is 2. The first-order chi connectivity index (χ1) is 8.70. The third-order valence-electron chi connectivity index (χ3n) is 2.54. The van der Waals surface area contributed by atoms with Gasteiger partial charge in [-0.05, 0) is 28.5 Å². The van der Waals surface area contributed by atoms with Crippen molar-refractivity contribution in [3.05, 3.63) is 42.0 Å². The van der Waals surface area contributed by atoms with Gasteiger partial charge in [0.25, 0.3) is 0 Å². The fourth-order valence-corrected chi connectivity index (χ4v) is 1.79. The van der Waals surface area contributed by atoms with Crippen LogP contribution in [0.2, 0.25) is 0 Å². The maximum Gasteiger partial charge on any atom is 0.221 e. The highest BCUT2D eigenvalue weighted by molar-refractivity contribution is 5.90. The number of hydrogen-bond acceptors (Lipinski definition) is 2. The molecule has 2 aromatic rings. The summed E-state index contributed by atoms with van der Waals surface area (Å²) in [6.07, 6.45) is 0.254. The number of carbonyl (C=O) groups excluding carboxylic acids is 1. The molecule has 0 aliphatic rings. The minimum Gasteiger partial charge on any atom is -0.497 e. The number of methoxy groups -OCH3 is 1. The first-order valence-corrected chi connectivity index (χ1v) is 6.04. The summed E-state index contributed by atoms with van der Waals surface area (Å²) in [4.78, 5) is 11.0. The topological polar surface area (TPSA) is 52.3 Å². The maximum absolute atomic E-state index is 11.0. The molecule has 0 aliphatic carbocycles. The average Bonchev–Trinajstić information content (AvgIpc) is 2.40. The molecule has 0 spiro atoms. The van der Waals surface area contributed by atoms with Crippen molar-refractivity contribution < 1.29 is 9.53 Å². The molecule has 0 aliphatic heterocycles. The molecule has 0 saturated carbocycles. The van der Waals surface area contributed by atoms with Crippen molar-refractivity contribution >= 4 is 16.7 Å². The van der Waals surface area contributed by atoms with Gasteiger partial charge < -0.3 is 10.5 Å². The van der Waals surface area contributed by atoms with E-state index in [1.807, 2.05) is 50.2 Å². The molecule has 0 heterocycles. The second kappa shape index (κ2) is 6.64. The van der Waals surface area contributed by atoms with Crippen molar-refractivity contribution in [3.8, 4) is 5.75 Å². The molecule has 0 unspecified atom stereocenters. The van der Waals surface area contributed by atoms with Crippen LogP contribution >= 0.6 is 0 Å². The van der Waals surface area contributed by atoms with Crippen molar-refractivity contribution in [2.75, 3.05) is 7.11 Å². The number of nitrogens with two attached hydrogens (primary N) is 1. The molecule has 2 aromatic carbocycles. The molecule has 0 saturated heterocycles. The number of fused-ring (bicyclic) bond motifs is 1. The highest BCUT2D eigenvalue weighted by Gasteiger charge is 2.04. The van der Waals surface area contributed by atoms with Crippen molar-refractivity contribution in [1.82, 2.24) is 0 Å². The van der Waals surface area contributed by atoms with E-state index >= 15 is 0 Å². The molecule has 96 valence electrons. The Morgan fingerprint density at radius 1 is 1.22 bits per heavy atom. The van der Waals surface area contributed by atoms with Crippen molar-refractivity contribution in [2.45, 2.75) is 20.3 Å². The summed E-state index contributed by atoms with van der Waals surface area (Å²) in [6.45, 7) is 4.00. The normalized spacial score (nSPS) is 9.50. The third kappa shape index (κ3) is 3.23. The molecule has 3 nitrogen and oxygen atoms in total. The van der Waals surface area contributed by atoms with Gasteiger partial charge in [0.1, 0.15) is 5.75 Å². The summed E-state index contributed by atoms with van der Waals surface area (Å²) in [7, 11) is 1.62. The number of amides is 1. The van der Waals surface area contributed by atoms with Crippen LogP contribution < -0.4 is 10.5 Å². The smallest absolute Gasteiger partial charge is 0.221 e. The molecule has 0 bridgehead atoms. The van der Waals surface area contributed by atoms with E-state index in [0.717, 1.165) is 22.1 Å². The SMILES string of the molecule is CC.COc1ccc2cccc(CC(N)=O)c2c1. The number of ether oxygens (including phenoxy) is 1. The van der Waals surface area contributed by atoms with Crippen LogP contribution in [0.5, 0.6) is 5.75 Å². The summed E-state index contributed by atoms with van der Waals surface area (Å²) in [5.41, 5.74) is 6.15. The Morgan fingerprint density at radius 3 is 2.56 bits per heavy atom. The Morgan fingerprint density at radius 2 is 1.94 bits per heavy atom. The molecular weight excluding hydrogens is 226 g/mol. The van der Waals surface area contributed by atoms with Crippen molar-refractivity contribution in [1.29, 1.82) is 0 Å². The van der Waals surface area contributed by atoms with Crippen LogP contribution in [0.1, 0.15) is 19.4 Å². The molecule has 2 rings (SSSR count). The maximum atomic E-state index is 11.0. The van der Waals surface area contributed by atoms with Crippen LogP contribution in [0.15, 0.2) is 36.4 Å². The Hall–Kier alpha value is -2.03. The van der Waals surface area contributed by atoms with Gasteiger partial charge in [0.15, 0.2) is 0 Å². The summed E-state index contributed by atoms with van der Waals surface area (Å²) < 4.78 is 5.17. The highest BCUT2D eigenvalue weighted by atomic mass is 16.5. The highest BCUT2D eigenvalue weighted by Crippen LogP contribution is 2.24. The van der Waals surface area contributed by atoms with Gasteiger partial charge >= 0.3 is 0 Å². The number of hydrogen-bond donors (Lipinski definition) is 1. The van der Waals surface area contributed by atoms with E-state index in [9.17, 15) is 4.79 Å². The van der Waals surface area contributed by atoms with E-state index < -0.39 is 0 Å². The van der Waals surface area contributed by atoms with E-state index in [0.29, 0.717) is 0 Å². The lowest BCUT2D eigenvalue weighted by Gasteiger charge is -2.06. The Bertz CT molecular complexity index is 535. The van der Waals surface area contributed by atoms with Gasteiger partial charge in [-0.1, -0.05) is 38.1 Å². The first-order valence-electron chi connectivity index (χ1n) is 6.04. The fraction of sp³-hybridized carbons (Fsp3) is 0.267. The van der Waals surface area contributed by atoms with Crippen molar-refractivity contribution in [3.63, 3.8) is 0 Å². The van der Waals surface area contributed by atoms with Gasteiger partial charge in [-0.15, -0.1) is 0 Å². The van der Waals surface area contributed by atoms with Gasteiger partial charge in [0.2, 0.25) is 5.91 Å². The minimum atomic E-state index is -0.324. The van der Waals surface area contributed by atoms with Gasteiger partial charge in [-0.2, -0.15) is 0 Å². The Balaban J connectivity index is 0.000000771. The second-order valence-corrected chi connectivity index (χ2v) is 3.65. The summed E-state index contributed by atoms with van der Waals surface area (Å²) in [5, 5.41) is 2.10. The van der Waals surface area contributed by atoms with Crippen LogP contribution in [0.25, 0.3) is 10.8 Å². The zero-order chi connectivity index (χ0) is 13.5. The largest absolute Gasteiger partial charge is 0.497 e. The first kappa shape index (κ1) is 14.0. The molecule has 0 aromatic heterocycles. The van der Waals surface area contributed by atoms with Crippen LogP contribution in [-0.4, -0.2) is 13.0 Å². The van der Waals surface area contributed by atoms with Crippen LogP contribution in [-0.2, 0) is 11.2 Å². The van der Waals surface area contributed by atoms with E-state index in [-0.39, 0.29) is 12.3 Å². The Labute approximate surface area is 108 Å². The minimum absolute atomic E-state index is 0.254. The lowest BCUT2D eigenvalue weighted by atomic mass is 10.0. The van der Waals surface area contributed by atoms with E-state index in [2.05, 4.69) is 0 Å².